The Morgan fingerprint density at radius 2 is 2.29 bits per heavy atom. The molecule has 6 nitrogen and oxygen atoms in total. The van der Waals surface area contributed by atoms with E-state index in [0.717, 1.165) is 25.8 Å². The molecule has 0 aromatic carbocycles. The lowest BCUT2D eigenvalue weighted by Crippen LogP contribution is -2.43. The van der Waals surface area contributed by atoms with Crippen LogP contribution in [0.2, 0.25) is 0 Å². The van der Waals surface area contributed by atoms with Crippen LogP contribution < -0.4 is 10.5 Å². The van der Waals surface area contributed by atoms with E-state index in [-0.39, 0.29) is 0 Å². The Hall–Kier alpha value is -0.820. The maximum Gasteiger partial charge on any atom is 0.208 e. The zero-order chi connectivity index (χ0) is 12.9. The first-order chi connectivity index (χ1) is 7.88. The molecule has 0 amide bonds. The zero-order valence-corrected chi connectivity index (χ0v) is 11.3. The minimum atomic E-state index is -3.13. The van der Waals surface area contributed by atoms with Crippen LogP contribution in [0.5, 0.6) is 0 Å². The third-order valence-corrected chi connectivity index (χ3v) is 3.46. The molecule has 7 heteroatoms. The van der Waals surface area contributed by atoms with Crippen molar-refractivity contribution in [3.05, 3.63) is 0 Å². The minimum Gasteiger partial charge on any atom is -0.370 e. The SMILES string of the molecule is CC1CCCN(C(N)=NCCNS(C)(=O)=O)C1. The highest BCUT2D eigenvalue weighted by Gasteiger charge is 2.17. The lowest BCUT2D eigenvalue weighted by molar-refractivity contribution is 0.270. The van der Waals surface area contributed by atoms with Gasteiger partial charge in [0.2, 0.25) is 10.0 Å². The van der Waals surface area contributed by atoms with Gasteiger partial charge in [0.15, 0.2) is 5.96 Å². The van der Waals surface area contributed by atoms with Crippen molar-refractivity contribution in [3.8, 4) is 0 Å². The summed E-state index contributed by atoms with van der Waals surface area (Å²) in [7, 11) is -3.13. The fourth-order valence-corrected chi connectivity index (χ4v) is 2.36. The molecule has 1 aliphatic heterocycles. The molecule has 17 heavy (non-hydrogen) atoms. The molecular weight excluding hydrogens is 240 g/mol. The number of aliphatic imine (C=N–C) groups is 1. The van der Waals surface area contributed by atoms with E-state index < -0.39 is 10.0 Å². The molecule has 0 bridgehead atoms. The smallest absolute Gasteiger partial charge is 0.208 e. The van der Waals surface area contributed by atoms with E-state index in [1.165, 1.54) is 6.42 Å². The number of nitrogens with two attached hydrogens (primary N) is 1. The molecule has 1 rings (SSSR count). The highest BCUT2D eigenvalue weighted by Crippen LogP contribution is 2.14. The summed E-state index contributed by atoms with van der Waals surface area (Å²) in [6.07, 6.45) is 3.50. The average Bonchev–Trinajstić information content (AvgIpc) is 2.23. The Bertz CT molecular complexity index is 367. The quantitative estimate of drug-likeness (QED) is 0.409. The first-order valence-electron chi connectivity index (χ1n) is 5.88. The number of hydrogen-bond acceptors (Lipinski definition) is 3. The third kappa shape index (κ3) is 5.88. The highest BCUT2D eigenvalue weighted by atomic mass is 32.2. The van der Waals surface area contributed by atoms with E-state index in [1.807, 2.05) is 0 Å². The van der Waals surface area contributed by atoms with E-state index in [2.05, 4.69) is 21.5 Å². The molecule has 0 aromatic heterocycles. The predicted molar refractivity (Wildman–Crippen MR) is 69.3 cm³/mol. The van der Waals surface area contributed by atoms with Crippen molar-refractivity contribution in [2.75, 3.05) is 32.4 Å². The highest BCUT2D eigenvalue weighted by molar-refractivity contribution is 7.88. The molecule has 1 heterocycles. The number of likely N-dealkylation sites (tertiary alicyclic amines) is 1. The Balaban J connectivity index is 2.33. The summed E-state index contributed by atoms with van der Waals surface area (Å²) < 4.78 is 24.0. The molecule has 1 aliphatic rings. The Morgan fingerprint density at radius 1 is 1.59 bits per heavy atom. The Kier molecular flexibility index (Phi) is 5.20. The molecular formula is C10H22N4O2S. The first-order valence-corrected chi connectivity index (χ1v) is 7.77. The molecule has 3 N–H and O–H groups in total. The second-order valence-corrected chi connectivity index (χ2v) is 6.43. The Morgan fingerprint density at radius 3 is 2.88 bits per heavy atom. The molecule has 1 fully saturated rings. The zero-order valence-electron chi connectivity index (χ0n) is 10.5. The number of sulfonamides is 1. The molecule has 0 saturated carbocycles. The standard InChI is InChI=1S/C10H22N4O2S/c1-9-4-3-7-14(8-9)10(11)12-5-6-13-17(2,15)16/h9,13H,3-8H2,1-2H3,(H2,11,12). The first kappa shape index (κ1) is 14.2. The van der Waals surface area contributed by atoms with E-state index in [1.54, 1.807) is 0 Å². The second kappa shape index (κ2) is 6.20. The summed E-state index contributed by atoms with van der Waals surface area (Å²) in [5.74, 6) is 1.17. The molecule has 0 spiro atoms. The minimum absolute atomic E-state index is 0.295. The van der Waals surface area contributed by atoms with Gasteiger partial charge in [0.05, 0.1) is 12.8 Å². The summed E-state index contributed by atoms with van der Waals surface area (Å²) >= 11 is 0. The van der Waals surface area contributed by atoms with Crippen LogP contribution in [0.4, 0.5) is 0 Å². The number of nitrogens with zero attached hydrogens (tertiary/aromatic N) is 2. The van der Waals surface area contributed by atoms with E-state index in [9.17, 15) is 8.42 Å². The number of piperidine rings is 1. The van der Waals surface area contributed by atoms with Crippen molar-refractivity contribution in [2.24, 2.45) is 16.6 Å². The maximum absolute atomic E-state index is 10.8. The van der Waals surface area contributed by atoms with Gasteiger partial charge in [-0.2, -0.15) is 0 Å². The largest absolute Gasteiger partial charge is 0.370 e. The van der Waals surface area contributed by atoms with Crippen molar-refractivity contribution in [1.82, 2.24) is 9.62 Å². The fraction of sp³-hybridized carbons (Fsp3) is 0.900. The normalized spacial score (nSPS) is 22.8. The van der Waals surface area contributed by atoms with Gasteiger partial charge in [-0.05, 0) is 18.8 Å². The summed E-state index contributed by atoms with van der Waals surface area (Å²) in [6, 6.07) is 0. The summed E-state index contributed by atoms with van der Waals surface area (Å²) in [5, 5.41) is 0. The number of guanidine groups is 1. The van der Waals surface area contributed by atoms with Gasteiger partial charge in [-0.25, -0.2) is 13.1 Å². The molecule has 0 aromatic rings. The summed E-state index contributed by atoms with van der Waals surface area (Å²) in [5.41, 5.74) is 5.86. The fourth-order valence-electron chi connectivity index (χ4n) is 1.90. The number of hydrogen-bond donors (Lipinski definition) is 2. The molecule has 1 atom stereocenters. The number of rotatable bonds is 4. The van der Waals surface area contributed by atoms with Gasteiger partial charge in [-0.1, -0.05) is 6.92 Å². The van der Waals surface area contributed by atoms with Gasteiger partial charge in [0.25, 0.3) is 0 Å². The van der Waals surface area contributed by atoms with E-state index in [4.69, 9.17) is 5.73 Å². The molecule has 1 unspecified atom stereocenters. The van der Waals surface area contributed by atoms with Crippen LogP contribution in [0.1, 0.15) is 19.8 Å². The molecule has 0 aliphatic carbocycles. The number of nitrogens with one attached hydrogen (secondary N) is 1. The van der Waals surface area contributed by atoms with Crippen LogP contribution in [0, 0.1) is 5.92 Å². The van der Waals surface area contributed by atoms with Gasteiger partial charge in [-0.15, -0.1) is 0 Å². The molecule has 0 radical (unpaired) electrons. The van der Waals surface area contributed by atoms with Crippen LogP contribution in [0.25, 0.3) is 0 Å². The lowest BCUT2D eigenvalue weighted by Gasteiger charge is -2.31. The average molecular weight is 262 g/mol. The van der Waals surface area contributed by atoms with Gasteiger partial charge in [0.1, 0.15) is 0 Å². The van der Waals surface area contributed by atoms with Crippen LogP contribution in [0.15, 0.2) is 4.99 Å². The van der Waals surface area contributed by atoms with Crippen molar-refractivity contribution in [3.63, 3.8) is 0 Å². The van der Waals surface area contributed by atoms with Crippen LogP contribution in [-0.2, 0) is 10.0 Å². The van der Waals surface area contributed by atoms with Gasteiger partial charge >= 0.3 is 0 Å². The topological polar surface area (TPSA) is 87.8 Å². The van der Waals surface area contributed by atoms with Crippen molar-refractivity contribution in [1.29, 1.82) is 0 Å². The Labute approximate surface area is 103 Å². The monoisotopic (exact) mass is 262 g/mol. The summed E-state index contributed by atoms with van der Waals surface area (Å²) in [6.45, 7) is 4.76. The lowest BCUT2D eigenvalue weighted by atomic mass is 10.0. The molecule has 1 saturated heterocycles. The van der Waals surface area contributed by atoms with Gasteiger partial charge in [0, 0.05) is 19.6 Å². The van der Waals surface area contributed by atoms with Crippen LogP contribution in [0.3, 0.4) is 0 Å². The van der Waals surface area contributed by atoms with Crippen molar-refractivity contribution < 1.29 is 8.42 Å². The van der Waals surface area contributed by atoms with E-state index in [0.29, 0.717) is 25.0 Å². The van der Waals surface area contributed by atoms with Gasteiger partial charge in [-0.3, -0.25) is 4.99 Å². The van der Waals surface area contributed by atoms with Crippen LogP contribution in [-0.4, -0.2) is 51.7 Å². The van der Waals surface area contributed by atoms with Gasteiger partial charge < -0.3 is 10.6 Å². The third-order valence-electron chi connectivity index (χ3n) is 2.73. The van der Waals surface area contributed by atoms with Crippen LogP contribution >= 0.6 is 0 Å². The van der Waals surface area contributed by atoms with Crippen molar-refractivity contribution in [2.45, 2.75) is 19.8 Å². The summed E-state index contributed by atoms with van der Waals surface area (Å²) in [4.78, 5) is 6.24. The predicted octanol–water partition coefficient (Wildman–Crippen LogP) is -0.418. The van der Waals surface area contributed by atoms with E-state index >= 15 is 0 Å². The van der Waals surface area contributed by atoms with Crippen molar-refractivity contribution >= 4 is 16.0 Å². The molecule has 100 valence electrons. The second-order valence-electron chi connectivity index (χ2n) is 4.60. The maximum atomic E-state index is 10.8.